The average molecular weight is 525 g/mol. The van der Waals surface area contributed by atoms with E-state index in [0.717, 1.165) is 28.3 Å². The molecule has 0 saturated heterocycles. The molecule has 0 aliphatic rings. The van der Waals surface area contributed by atoms with Crippen molar-refractivity contribution in [1.82, 2.24) is 9.97 Å². The second-order valence-electron chi connectivity index (χ2n) is 8.70. The van der Waals surface area contributed by atoms with E-state index < -0.39 is 9.84 Å². The molecular formula is C29H24N4O4S. The van der Waals surface area contributed by atoms with E-state index in [1.165, 1.54) is 0 Å². The van der Waals surface area contributed by atoms with Gasteiger partial charge in [-0.25, -0.2) is 13.4 Å². The van der Waals surface area contributed by atoms with E-state index in [2.05, 4.69) is 20.6 Å². The monoisotopic (exact) mass is 524 g/mol. The molecule has 1 aromatic heterocycles. The van der Waals surface area contributed by atoms with Crippen LogP contribution in [0.4, 0.5) is 17.3 Å². The fraction of sp³-hybridized carbons (Fsp3) is 0.0690. The molecule has 8 nitrogen and oxygen atoms in total. The van der Waals surface area contributed by atoms with Gasteiger partial charge in [0.2, 0.25) is 11.8 Å². The van der Waals surface area contributed by atoms with Crippen LogP contribution in [-0.2, 0) is 9.84 Å². The Morgan fingerprint density at radius 1 is 0.895 bits per heavy atom. The molecule has 0 saturated carbocycles. The Morgan fingerprint density at radius 3 is 2.50 bits per heavy atom. The molecule has 0 spiro atoms. The standard InChI is InChI=1S/C29H24N4O4S/c1-19-11-13-23(38(2,35)36)18-26(19)32-29-30-16-15-27(33-29)37-22-12-14-24-20(17-22)7-6-10-25(24)28(34)31-21-8-4-3-5-9-21/h3-18H,1-2H3,(H,31,34)(H,30,32,33). The zero-order chi connectivity index (χ0) is 26.7. The number of aryl methyl sites for hydroxylation is 1. The van der Waals surface area contributed by atoms with Gasteiger partial charge in [-0.1, -0.05) is 36.4 Å². The fourth-order valence-corrected chi connectivity index (χ4v) is 4.56. The van der Waals surface area contributed by atoms with Gasteiger partial charge >= 0.3 is 0 Å². The van der Waals surface area contributed by atoms with Gasteiger partial charge in [0.25, 0.3) is 5.91 Å². The number of nitrogens with one attached hydrogen (secondary N) is 2. The van der Waals surface area contributed by atoms with E-state index in [1.54, 1.807) is 42.6 Å². The Morgan fingerprint density at radius 2 is 1.71 bits per heavy atom. The van der Waals surface area contributed by atoms with Crippen molar-refractivity contribution in [2.24, 2.45) is 0 Å². The maximum absolute atomic E-state index is 12.9. The highest BCUT2D eigenvalue weighted by atomic mass is 32.2. The van der Waals surface area contributed by atoms with Gasteiger partial charge in [-0.15, -0.1) is 0 Å². The van der Waals surface area contributed by atoms with Gasteiger partial charge in [0.15, 0.2) is 9.84 Å². The summed E-state index contributed by atoms with van der Waals surface area (Å²) >= 11 is 0. The lowest BCUT2D eigenvalue weighted by Crippen LogP contribution is -2.12. The van der Waals surface area contributed by atoms with Gasteiger partial charge in [0.05, 0.1) is 4.90 Å². The SMILES string of the molecule is Cc1ccc(S(C)(=O)=O)cc1Nc1nccc(Oc2ccc3c(C(=O)Nc4ccccc4)cccc3c2)n1. The third-order valence-electron chi connectivity index (χ3n) is 5.86. The van der Waals surface area contributed by atoms with Crippen LogP contribution in [-0.4, -0.2) is 30.5 Å². The van der Waals surface area contributed by atoms with Gasteiger partial charge in [-0.2, -0.15) is 4.98 Å². The van der Waals surface area contributed by atoms with Crippen molar-refractivity contribution in [3.63, 3.8) is 0 Å². The van der Waals surface area contributed by atoms with Crippen molar-refractivity contribution < 1.29 is 17.9 Å². The summed E-state index contributed by atoms with van der Waals surface area (Å²) < 4.78 is 29.9. The Balaban J connectivity index is 1.36. The number of sulfone groups is 1. The van der Waals surface area contributed by atoms with E-state index in [1.807, 2.05) is 61.5 Å². The molecule has 5 rings (SSSR count). The minimum Gasteiger partial charge on any atom is -0.439 e. The van der Waals surface area contributed by atoms with Gasteiger partial charge in [-0.05, 0) is 71.8 Å². The van der Waals surface area contributed by atoms with E-state index in [0.29, 0.717) is 22.9 Å². The highest BCUT2D eigenvalue weighted by molar-refractivity contribution is 7.90. The summed E-state index contributed by atoms with van der Waals surface area (Å²) in [6.07, 6.45) is 2.71. The first-order valence-electron chi connectivity index (χ1n) is 11.7. The summed E-state index contributed by atoms with van der Waals surface area (Å²) in [4.78, 5) is 21.7. The Hall–Kier alpha value is -4.76. The number of ether oxygens (including phenoxy) is 1. The number of hydrogen-bond donors (Lipinski definition) is 2. The first-order valence-corrected chi connectivity index (χ1v) is 13.6. The number of nitrogens with zero attached hydrogens (tertiary/aromatic N) is 2. The number of para-hydroxylation sites is 1. The normalized spacial score (nSPS) is 11.2. The maximum Gasteiger partial charge on any atom is 0.256 e. The number of rotatable bonds is 7. The molecule has 4 aromatic carbocycles. The van der Waals surface area contributed by atoms with Crippen molar-refractivity contribution in [3.8, 4) is 11.6 Å². The van der Waals surface area contributed by atoms with Crippen LogP contribution in [0.1, 0.15) is 15.9 Å². The quantitative estimate of drug-likeness (QED) is 0.263. The van der Waals surface area contributed by atoms with Crippen LogP contribution in [0.5, 0.6) is 11.6 Å². The number of aromatic nitrogens is 2. The lowest BCUT2D eigenvalue weighted by atomic mass is 10.0. The second kappa shape index (κ2) is 10.3. The highest BCUT2D eigenvalue weighted by Gasteiger charge is 2.13. The average Bonchev–Trinajstić information content (AvgIpc) is 2.89. The first kappa shape index (κ1) is 24.9. The molecule has 5 aromatic rings. The van der Waals surface area contributed by atoms with Crippen LogP contribution in [0.25, 0.3) is 10.8 Å². The van der Waals surface area contributed by atoms with E-state index in [-0.39, 0.29) is 16.8 Å². The minimum absolute atomic E-state index is 0.197. The molecule has 0 bridgehead atoms. The number of anilines is 3. The van der Waals surface area contributed by atoms with E-state index in [9.17, 15) is 13.2 Å². The molecule has 9 heteroatoms. The molecule has 0 aliphatic carbocycles. The van der Waals surface area contributed by atoms with Gasteiger partial charge in [-0.3, -0.25) is 4.79 Å². The van der Waals surface area contributed by atoms with Crippen LogP contribution in [0.15, 0.2) is 102 Å². The third-order valence-corrected chi connectivity index (χ3v) is 6.97. The number of benzene rings is 4. The molecule has 38 heavy (non-hydrogen) atoms. The number of carbonyl (C=O) groups is 1. The largest absolute Gasteiger partial charge is 0.439 e. The van der Waals surface area contributed by atoms with Gasteiger partial charge in [0, 0.05) is 35.5 Å². The summed E-state index contributed by atoms with van der Waals surface area (Å²) in [5, 5.41) is 7.62. The summed E-state index contributed by atoms with van der Waals surface area (Å²) in [5.41, 5.74) is 2.70. The van der Waals surface area contributed by atoms with Crippen molar-refractivity contribution in [2.75, 3.05) is 16.9 Å². The minimum atomic E-state index is -3.36. The summed E-state index contributed by atoms with van der Waals surface area (Å²) in [6.45, 7) is 1.86. The molecule has 0 radical (unpaired) electrons. The lowest BCUT2D eigenvalue weighted by molar-refractivity contribution is 0.102. The van der Waals surface area contributed by atoms with Gasteiger partial charge < -0.3 is 15.4 Å². The Labute approximate surface area is 220 Å². The topological polar surface area (TPSA) is 110 Å². The van der Waals surface area contributed by atoms with Crippen LogP contribution in [0.2, 0.25) is 0 Å². The molecular weight excluding hydrogens is 500 g/mol. The second-order valence-corrected chi connectivity index (χ2v) is 10.7. The van der Waals surface area contributed by atoms with Crippen LogP contribution in [0, 0.1) is 6.92 Å². The zero-order valence-electron chi connectivity index (χ0n) is 20.7. The molecule has 0 fully saturated rings. The van der Waals surface area contributed by atoms with Crippen LogP contribution < -0.4 is 15.4 Å². The molecule has 2 N–H and O–H groups in total. The van der Waals surface area contributed by atoms with Crippen molar-refractivity contribution >= 4 is 43.8 Å². The summed E-state index contributed by atoms with van der Waals surface area (Å²) in [5.74, 6) is 0.906. The smallest absolute Gasteiger partial charge is 0.256 e. The lowest BCUT2D eigenvalue weighted by Gasteiger charge is -2.12. The first-order chi connectivity index (χ1) is 18.3. The zero-order valence-corrected chi connectivity index (χ0v) is 21.5. The summed E-state index contributed by atoms with van der Waals surface area (Å²) in [6, 6.07) is 26.7. The van der Waals surface area contributed by atoms with Crippen molar-refractivity contribution in [2.45, 2.75) is 11.8 Å². The van der Waals surface area contributed by atoms with Crippen LogP contribution >= 0.6 is 0 Å². The molecule has 0 aliphatic heterocycles. The number of amides is 1. The molecule has 1 heterocycles. The molecule has 190 valence electrons. The van der Waals surface area contributed by atoms with Crippen molar-refractivity contribution in [1.29, 1.82) is 0 Å². The number of hydrogen-bond acceptors (Lipinski definition) is 7. The van der Waals surface area contributed by atoms with E-state index in [4.69, 9.17) is 4.74 Å². The Kier molecular flexibility index (Phi) is 6.76. The van der Waals surface area contributed by atoms with Crippen molar-refractivity contribution in [3.05, 3.63) is 108 Å². The van der Waals surface area contributed by atoms with E-state index >= 15 is 0 Å². The third kappa shape index (κ3) is 5.63. The summed E-state index contributed by atoms with van der Waals surface area (Å²) in [7, 11) is -3.36. The molecule has 0 unspecified atom stereocenters. The highest BCUT2D eigenvalue weighted by Crippen LogP contribution is 2.28. The predicted molar refractivity (Wildman–Crippen MR) is 148 cm³/mol. The fourth-order valence-electron chi connectivity index (χ4n) is 3.91. The number of fused-ring (bicyclic) bond motifs is 1. The molecule has 1 amide bonds. The van der Waals surface area contributed by atoms with Crippen LogP contribution in [0.3, 0.4) is 0 Å². The predicted octanol–water partition coefficient (Wildman–Crippen LogP) is 6.13. The molecule has 0 atom stereocenters. The van der Waals surface area contributed by atoms with Gasteiger partial charge in [0.1, 0.15) is 5.75 Å². The number of carbonyl (C=O) groups excluding carboxylic acids is 1. The maximum atomic E-state index is 12.9. The Bertz CT molecular complexity index is 1760.